The van der Waals surface area contributed by atoms with Crippen molar-refractivity contribution < 1.29 is 18.0 Å². The first kappa shape index (κ1) is 19.4. The number of amides is 1. The fourth-order valence-electron chi connectivity index (χ4n) is 2.65. The SMILES string of the molecule is Cc1ccccc1CNC(=O)c1cc(Nc2cccc(C(F)(F)F)c2)ccn1. The third kappa shape index (κ3) is 4.88. The van der Waals surface area contributed by atoms with Crippen molar-refractivity contribution in [3.8, 4) is 0 Å². The molecular weight excluding hydrogens is 367 g/mol. The second kappa shape index (κ2) is 8.12. The van der Waals surface area contributed by atoms with Crippen molar-refractivity contribution in [3.05, 3.63) is 89.2 Å². The van der Waals surface area contributed by atoms with Gasteiger partial charge in [0.05, 0.1) is 5.56 Å². The van der Waals surface area contributed by atoms with E-state index < -0.39 is 11.7 Å². The summed E-state index contributed by atoms with van der Waals surface area (Å²) in [7, 11) is 0. The molecule has 0 saturated carbocycles. The van der Waals surface area contributed by atoms with Gasteiger partial charge in [0.1, 0.15) is 5.69 Å². The van der Waals surface area contributed by atoms with Crippen molar-refractivity contribution in [2.45, 2.75) is 19.6 Å². The Balaban J connectivity index is 1.70. The van der Waals surface area contributed by atoms with E-state index in [0.29, 0.717) is 12.2 Å². The van der Waals surface area contributed by atoms with Crippen molar-refractivity contribution in [1.29, 1.82) is 0 Å². The molecule has 1 heterocycles. The van der Waals surface area contributed by atoms with Gasteiger partial charge in [-0.25, -0.2) is 0 Å². The minimum atomic E-state index is -4.42. The van der Waals surface area contributed by atoms with Crippen LogP contribution in [0.2, 0.25) is 0 Å². The van der Waals surface area contributed by atoms with Gasteiger partial charge in [-0.1, -0.05) is 30.3 Å². The quantitative estimate of drug-likeness (QED) is 0.644. The molecule has 0 fully saturated rings. The smallest absolute Gasteiger partial charge is 0.355 e. The number of benzene rings is 2. The van der Waals surface area contributed by atoms with Crippen molar-refractivity contribution in [2.24, 2.45) is 0 Å². The summed E-state index contributed by atoms with van der Waals surface area (Å²) in [4.78, 5) is 16.4. The van der Waals surface area contributed by atoms with E-state index in [4.69, 9.17) is 0 Å². The lowest BCUT2D eigenvalue weighted by Crippen LogP contribution is -2.24. The Kier molecular flexibility index (Phi) is 5.63. The molecule has 0 aliphatic heterocycles. The lowest BCUT2D eigenvalue weighted by atomic mass is 10.1. The second-order valence-corrected chi connectivity index (χ2v) is 6.24. The lowest BCUT2D eigenvalue weighted by molar-refractivity contribution is -0.137. The molecular formula is C21H18F3N3O. The number of carbonyl (C=O) groups is 1. The number of hydrogen-bond acceptors (Lipinski definition) is 3. The molecule has 3 rings (SSSR count). The molecule has 0 atom stereocenters. The minimum Gasteiger partial charge on any atom is -0.355 e. The average molecular weight is 385 g/mol. The summed E-state index contributed by atoms with van der Waals surface area (Å²) in [5, 5.41) is 5.67. The summed E-state index contributed by atoms with van der Waals surface area (Å²) in [6, 6.07) is 15.6. The molecule has 0 saturated heterocycles. The summed E-state index contributed by atoms with van der Waals surface area (Å²) in [6.07, 6.45) is -2.99. The molecule has 144 valence electrons. The number of anilines is 2. The van der Waals surface area contributed by atoms with Crippen molar-refractivity contribution in [1.82, 2.24) is 10.3 Å². The zero-order valence-corrected chi connectivity index (χ0v) is 15.0. The van der Waals surface area contributed by atoms with E-state index in [1.165, 1.54) is 24.4 Å². The van der Waals surface area contributed by atoms with E-state index in [-0.39, 0.29) is 17.3 Å². The Morgan fingerprint density at radius 1 is 1.00 bits per heavy atom. The predicted molar refractivity (Wildman–Crippen MR) is 101 cm³/mol. The van der Waals surface area contributed by atoms with Crippen molar-refractivity contribution in [3.63, 3.8) is 0 Å². The third-order valence-corrected chi connectivity index (χ3v) is 4.17. The maximum Gasteiger partial charge on any atom is 0.416 e. The molecule has 28 heavy (non-hydrogen) atoms. The fourth-order valence-corrected chi connectivity index (χ4v) is 2.65. The summed E-state index contributed by atoms with van der Waals surface area (Å²) in [5.74, 6) is -0.365. The van der Waals surface area contributed by atoms with Gasteiger partial charge in [-0.05, 0) is 48.4 Å². The normalized spacial score (nSPS) is 11.1. The fraction of sp³-hybridized carbons (Fsp3) is 0.143. The molecule has 0 bridgehead atoms. The minimum absolute atomic E-state index is 0.172. The zero-order chi connectivity index (χ0) is 20.1. The van der Waals surface area contributed by atoms with Crippen LogP contribution in [-0.4, -0.2) is 10.9 Å². The number of aromatic nitrogens is 1. The largest absolute Gasteiger partial charge is 0.416 e. The maximum absolute atomic E-state index is 12.8. The van der Waals surface area contributed by atoms with Crippen LogP contribution in [0.4, 0.5) is 24.5 Å². The first-order valence-corrected chi connectivity index (χ1v) is 8.56. The molecule has 7 heteroatoms. The van der Waals surface area contributed by atoms with Crippen LogP contribution in [-0.2, 0) is 12.7 Å². The monoisotopic (exact) mass is 385 g/mol. The van der Waals surface area contributed by atoms with Crippen LogP contribution in [0.15, 0.2) is 66.9 Å². The zero-order valence-electron chi connectivity index (χ0n) is 15.0. The van der Waals surface area contributed by atoms with E-state index in [9.17, 15) is 18.0 Å². The molecule has 0 spiro atoms. The number of carbonyl (C=O) groups excluding carboxylic acids is 1. The predicted octanol–water partition coefficient (Wildman–Crippen LogP) is 5.08. The van der Waals surface area contributed by atoms with E-state index in [0.717, 1.165) is 23.3 Å². The van der Waals surface area contributed by atoms with Crippen LogP contribution in [0, 0.1) is 6.92 Å². The summed E-state index contributed by atoms with van der Waals surface area (Å²) in [6.45, 7) is 2.32. The van der Waals surface area contributed by atoms with E-state index >= 15 is 0 Å². The number of aryl methyl sites for hydroxylation is 1. The molecule has 0 radical (unpaired) electrons. The molecule has 0 unspecified atom stereocenters. The van der Waals surface area contributed by atoms with Crippen LogP contribution in [0.25, 0.3) is 0 Å². The average Bonchev–Trinajstić information content (AvgIpc) is 2.67. The van der Waals surface area contributed by atoms with Crippen LogP contribution in [0.3, 0.4) is 0 Å². The van der Waals surface area contributed by atoms with Gasteiger partial charge in [-0.3, -0.25) is 9.78 Å². The van der Waals surface area contributed by atoms with E-state index in [1.807, 2.05) is 31.2 Å². The molecule has 4 nitrogen and oxygen atoms in total. The Morgan fingerprint density at radius 2 is 1.75 bits per heavy atom. The topological polar surface area (TPSA) is 54.0 Å². The number of pyridine rings is 1. The maximum atomic E-state index is 12.8. The van der Waals surface area contributed by atoms with E-state index in [2.05, 4.69) is 15.6 Å². The Morgan fingerprint density at radius 3 is 2.50 bits per heavy atom. The van der Waals surface area contributed by atoms with Crippen molar-refractivity contribution >= 4 is 17.3 Å². The molecule has 0 aliphatic rings. The Labute approximate surface area is 160 Å². The second-order valence-electron chi connectivity index (χ2n) is 6.24. The van der Waals surface area contributed by atoms with E-state index in [1.54, 1.807) is 6.07 Å². The number of alkyl halides is 3. The van der Waals surface area contributed by atoms with Gasteiger partial charge < -0.3 is 10.6 Å². The first-order chi connectivity index (χ1) is 13.3. The highest BCUT2D eigenvalue weighted by molar-refractivity contribution is 5.93. The number of rotatable bonds is 5. The van der Waals surface area contributed by atoms with Crippen molar-refractivity contribution in [2.75, 3.05) is 5.32 Å². The molecule has 1 amide bonds. The number of nitrogens with one attached hydrogen (secondary N) is 2. The highest BCUT2D eigenvalue weighted by Gasteiger charge is 2.30. The van der Waals surface area contributed by atoms with Gasteiger partial charge in [0, 0.05) is 24.1 Å². The molecule has 2 aromatic carbocycles. The van der Waals surface area contributed by atoms with Crippen LogP contribution >= 0.6 is 0 Å². The number of nitrogens with zero attached hydrogens (tertiary/aromatic N) is 1. The van der Waals surface area contributed by atoms with Crippen LogP contribution < -0.4 is 10.6 Å². The highest BCUT2D eigenvalue weighted by atomic mass is 19.4. The first-order valence-electron chi connectivity index (χ1n) is 8.56. The molecule has 0 aliphatic carbocycles. The highest BCUT2D eigenvalue weighted by Crippen LogP contribution is 2.31. The summed E-state index contributed by atoms with van der Waals surface area (Å²) >= 11 is 0. The van der Waals surface area contributed by atoms with Gasteiger partial charge >= 0.3 is 6.18 Å². The van der Waals surface area contributed by atoms with Gasteiger partial charge in [0.15, 0.2) is 0 Å². The van der Waals surface area contributed by atoms with Gasteiger partial charge in [-0.15, -0.1) is 0 Å². The van der Waals surface area contributed by atoms with Gasteiger partial charge in [-0.2, -0.15) is 13.2 Å². The summed E-state index contributed by atoms with van der Waals surface area (Å²) < 4.78 is 38.5. The third-order valence-electron chi connectivity index (χ3n) is 4.17. The van der Waals surface area contributed by atoms with Gasteiger partial charge in [0.2, 0.25) is 0 Å². The standard InChI is InChI=1S/C21H18F3N3O/c1-14-5-2-3-6-15(14)13-26-20(28)19-12-18(9-10-25-19)27-17-8-4-7-16(11-17)21(22,23)24/h2-12H,13H2,1H3,(H,25,27)(H,26,28). The number of halogens is 3. The summed E-state index contributed by atoms with van der Waals surface area (Å²) in [5.41, 5.74) is 2.22. The van der Waals surface area contributed by atoms with Crippen LogP contribution in [0.5, 0.6) is 0 Å². The molecule has 2 N–H and O–H groups in total. The van der Waals surface area contributed by atoms with Gasteiger partial charge in [0.25, 0.3) is 5.91 Å². The Hall–Kier alpha value is -3.35. The lowest BCUT2D eigenvalue weighted by Gasteiger charge is -2.11. The number of hydrogen-bond donors (Lipinski definition) is 2. The Bertz CT molecular complexity index is 986. The van der Waals surface area contributed by atoms with Crippen LogP contribution in [0.1, 0.15) is 27.2 Å². The molecule has 1 aromatic heterocycles. The molecule has 3 aromatic rings.